The highest BCUT2D eigenvalue weighted by atomic mass is 15.1. The Kier molecular flexibility index (Phi) is 12.0. The zero-order valence-corrected chi connectivity index (χ0v) is 47.4. The van der Waals surface area contributed by atoms with Gasteiger partial charge in [0, 0.05) is 66.4 Å². The van der Waals surface area contributed by atoms with Crippen molar-refractivity contribution in [3.63, 3.8) is 0 Å². The fourth-order valence-electron chi connectivity index (χ4n) is 13.4. The standard InChI is InChI=1S/C80H50N8/c1-9-29-49(30-10-1)61-57-45-25-27-47-59(57)63(51-33-13-3-14-34-51)71-69(61)77-84-75-67(55-41-21-7-22-42-55)65(53-37-17-5-18-38-53)73(82-75)81-74-66(54-39-19-6-20-40-54)68(56-43-23-8-24-44-56)76(83-74)85-78-70-62(50-31-11-2-12-32-50)58-46-26-28-48-60(58)64(52-35-15-4-16-36-52)72(70)80(87-78)88-79(71)86-77/h1-48H,(H2,81,82,83,84,85,86,87,88). The lowest BCUT2D eigenvalue weighted by Crippen LogP contribution is -1.95. The van der Waals surface area contributed by atoms with Gasteiger partial charge in [0.25, 0.3) is 0 Å². The molecule has 12 aromatic carbocycles. The zero-order valence-electron chi connectivity index (χ0n) is 47.4. The molecule has 0 aliphatic carbocycles. The summed E-state index contributed by atoms with van der Waals surface area (Å²) in [5.41, 5.74) is 19.4. The van der Waals surface area contributed by atoms with Crippen LogP contribution in [-0.2, 0) is 0 Å². The molecule has 3 aromatic heterocycles. The molecule has 2 aliphatic heterocycles. The molecule has 2 N–H and O–H groups in total. The van der Waals surface area contributed by atoms with Crippen molar-refractivity contribution in [3.05, 3.63) is 314 Å². The minimum atomic E-state index is 0.490. The van der Waals surface area contributed by atoms with Crippen LogP contribution in [-0.4, -0.2) is 39.9 Å². The van der Waals surface area contributed by atoms with E-state index in [9.17, 15) is 0 Å². The third-order valence-corrected chi connectivity index (χ3v) is 17.0. The van der Waals surface area contributed by atoms with E-state index in [1.165, 1.54) is 0 Å². The lowest BCUT2D eigenvalue weighted by atomic mass is 9.84. The first-order chi connectivity index (χ1) is 43.7. The SMILES string of the molecule is c1ccc(C2=C(c3ccccc3)c3nc2nc2[nH]c(nc4nc(nc5[nH]c(n3)c3c(-c6ccccc6)c6ccccc6c(-c6ccccc6)c53)-c3c-4c(-c4ccccc4)c4ccccc4c3-c3ccccc3)c(-c3ccccc3)c2-c2ccccc2)cc1. The maximum atomic E-state index is 6.04. The molecule has 0 unspecified atom stereocenters. The first-order valence-electron chi connectivity index (χ1n) is 29.6. The number of rotatable bonds is 8. The number of hydrogen-bond donors (Lipinski definition) is 2. The van der Waals surface area contributed by atoms with E-state index >= 15 is 0 Å². The minimum Gasteiger partial charge on any atom is -0.324 e. The topological polar surface area (TPSA) is 109 Å². The van der Waals surface area contributed by atoms with Gasteiger partial charge in [-0.3, -0.25) is 0 Å². The van der Waals surface area contributed by atoms with E-state index in [0.717, 1.165) is 132 Å². The van der Waals surface area contributed by atoms with Crippen molar-refractivity contribution in [2.24, 2.45) is 0 Å². The van der Waals surface area contributed by atoms with E-state index in [4.69, 9.17) is 29.9 Å². The Morgan fingerprint density at radius 1 is 0.170 bits per heavy atom. The molecule has 2 aliphatic rings. The van der Waals surface area contributed by atoms with Crippen LogP contribution < -0.4 is 0 Å². The highest BCUT2D eigenvalue weighted by Crippen LogP contribution is 2.53. The van der Waals surface area contributed by atoms with Crippen molar-refractivity contribution < 1.29 is 0 Å². The van der Waals surface area contributed by atoms with Crippen LogP contribution in [0.4, 0.5) is 0 Å². The number of nitrogens with zero attached hydrogens (tertiary/aromatic N) is 6. The number of aromatic nitrogens is 8. The summed E-state index contributed by atoms with van der Waals surface area (Å²) in [7, 11) is 0. The molecular weight excluding hydrogens is 1070 g/mol. The molecule has 0 atom stereocenters. The Bertz CT molecular complexity index is 5440. The van der Waals surface area contributed by atoms with E-state index in [-0.39, 0.29) is 0 Å². The van der Waals surface area contributed by atoms with Crippen LogP contribution in [0.2, 0.25) is 0 Å². The highest BCUT2D eigenvalue weighted by molar-refractivity contribution is 6.29. The van der Waals surface area contributed by atoms with Crippen LogP contribution in [0.3, 0.4) is 0 Å². The number of nitrogens with one attached hydrogen (secondary N) is 2. The first-order valence-corrected chi connectivity index (χ1v) is 29.6. The van der Waals surface area contributed by atoms with E-state index in [1.54, 1.807) is 0 Å². The molecule has 88 heavy (non-hydrogen) atoms. The summed E-state index contributed by atoms with van der Waals surface area (Å²) in [4.78, 5) is 43.1. The molecular formula is C80H50N8. The van der Waals surface area contributed by atoms with Gasteiger partial charge in [-0.2, -0.15) is 0 Å². The van der Waals surface area contributed by atoms with E-state index in [0.29, 0.717) is 45.9 Å². The molecule has 17 rings (SSSR count). The fourth-order valence-corrected chi connectivity index (χ4v) is 13.4. The Morgan fingerprint density at radius 2 is 0.398 bits per heavy atom. The molecule has 0 fully saturated rings. The van der Waals surface area contributed by atoms with Crippen LogP contribution in [0.15, 0.2) is 291 Å². The largest absolute Gasteiger partial charge is 0.324 e. The second-order valence-electron chi connectivity index (χ2n) is 22.1. The molecule has 0 amide bonds. The van der Waals surface area contributed by atoms with E-state index in [1.807, 2.05) is 24.3 Å². The van der Waals surface area contributed by atoms with Gasteiger partial charge in [-0.1, -0.05) is 291 Å². The van der Waals surface area contributed by atoms with Gasteiger partial charge >= 0.3 is 0 Å². The molecule has 8 bridgehead atoms. The molecule has 410 valence electrons. The summed E-state index contributed by atoms with van der Waals surface area (Å²) in [5, 5.41) is 6.05. The molecule has 0 spiro atoms. The summed E-state index contributed by atoms with van der Waals surface area (Å²) in [6.07, 6.45) is 0. The molecule has 8 nitrogen and oxygen atoms in total. The summed E-state index contributed by atoms with van der Waals surface area (Å²) < 4.78 is 0. The Labute approximate surface area is 506 Å². The summed E-state index contributed by atoms with van der Waals surface area (Å²) >= 11 is 0. The predicted octanol–water partition coefficient (Wildman–Crippen LogP) is 19.7. The van der Waals surface area contributed by atoms with Gasteiger partial charge in [0.15, 0.2) is 23.3 Å². The third kappa shape index (κ3) is 8.30. The number of hydrogen-bond acceptors (Lipinski definition) is 6. The average molecular weight is 1120 g/mol. The summed E-state index contributed by atoms with van der Waals surface area (Å²) in [6.45, 7) is 0. The molecule has 0 saturated heterocycles. The molecule has 0 radical (unpaired) electrons. The smallest absolute Gasteiger partial charge is 0.165 e. The quantitative estimate of drug-likeness (QED) is 0.157. The number of aromatic amines is 2. The normalized spacial score (nSPS) is 12.0. The number of H-pyrrole nitrogens is 2. The van der Waals surface area contributed by atoms with Gasteiger partial charge in [-0.05, 0) is 66.1 Å². The lowest BCUT2D eigenvalue weighted by Gasteiger charge is -2.18. The molecule has 15 aromatic rings. The Morgan fingerprint density at radius 3 is 0.739 bits per heavy atom. The maximum absolute atomic E-state index is 6.04. The second kappa shape index (κ2) is 21.0. The first kappa shape index (κ1) is 50.5. The summed E-state index contributed by atoms with van der Waals surface area (Å²) in [5.74, 6) is 1.97. The van der Waals surface area contributed by atoms with Crippen molar-refractivity contribution >= 4 is 66.1 Å². The minimum absolute atomic E-state index is 0.490. The van der Waals surface area contributed by atoms with Crippen LogP contribution in [0.25, 0.3) is 156 Å². The van der Waals surface area contributed by atoms with Gasteiger partial charge in [-0.15, -0.1) is 0 Å². The van der Waals surface area contributed by atoms with Crippen molar-refractivity contribution in [2.45, 2.75) is 0 Å². The highest BCUT2D eigenvalue weighted by Gasteiger charge is 2.33. The van der Waals surface area contributed by atoms with Crippen LogP contribution >= 0.6 is 0 Å². The van der Waals surface area contributed by atoms with Crippen LogP contribution in [0, 0.1) is 0 Å². The Balaban J connectivity index is 1.17. The second-order valence-corrected chi connectivity index (χ2v) is 22.1. The van der Waals surface area contributed by atoms with Crippen molar-refractivity contribution in [2.75, 3.05) is 0 Å². The maximum Gasteiger partial charge on any atom is 0.165 e. The van der Waals surface area contributed by atoms with Gasteiger partial charge < -0.3 is 9.97 Å². The van der Waals surface area contributed by atoms with Crippen LogP contribution in [0.5, 0.6) is 0 Å². The molecule has 5 heterocycles. The lowest BCUT2D eigenvalue weighted by molar-refractivity contribution is 1.12. The van der Waals surface area contributed by atoms with Gasteiger partial charge in [0.1, 0.15) is 22.6 Å². The van der Waals surface area contributed by atoms with Crippen molar-refractivity contribution in [1.82, 2.24) is 39.9 Å². The average Bonchev–Trinajstić information content (AvgIpc) is 2.23. The molecule has 8 heteroatoms. The van der Waals surface area contributed by atoms with Crippen molar-refractivity contribution in [3.8, 4) is 89.5 Å². The number of benzene rings is 12. The van der Waals surface area contributed by atoms with Gasteiger partial charge in [0.2, 0.25) is 0 Å². The fraction of sp³-hybridized carbons (Fsp3) is 0. The van der Waals surface area contributed by atoms with Crippen molar-refractivity contribution in [1.29, 1.82) is 0 Å². The van der Waals surface area contributed by atoms with E-state index in [2.05, 4.69) is 277 Å². The Hall–Kier alpha value is -12.0. The third-order valence-electron chi connectivity index (χ3n) is 17.0. The van der Waals surface area contributed by atoms with Gasteiger partial charge in [0.05, 0.1) is 0 Å². The summed E-state index contributed by atoms with van der Waals surface area (Å²) in [6, 6.07) is 102. The number of fused-ring (bicyclic) bond motifs is 16. The monoisotopic (exact) mass is 1120 g/mol. The molecule has 0 saturated carbocycles. The predicted molar refractivity (Wildman–Crippen MR) is 360 cm³/mol. The van der Waals surface area contributed by atoms with Gasteiger partial charge in [-0.25, -0.2) is 29.9 Å². The van der Waals surface area contributed by atoms with Crippen LogP contribution in [0.1, 0.15) is 22.8 Å². The zero-order chi connectivity index (χ0) is 58.1. The van der Waals surface area contributed by atoms with E-state index < -0.39 is 0 Å².